The number of hydrogen-bond acceptors (Lipinski definition) is 2. The van der Waals surface area contributed by atoms with Crippen molar-refractivity contribution in [2.45, 2.75) is 119 Å². The Kier molecular flexibility index (Phi) is 13.0. The van der Waals surface area contributed by atoms with Gasteiger partial charge in [0.15, 0.2) is 0 Å². The van der Waals surface area contributed by atoms with Gasteiger partial charge in [0.25, 0.3) is 0 Å². The minimum absolute atomic E-state index is 0.369. The lowest BCUT2D eigenvalue weighted by Crippen LogP contribution is -2.16. The fourth-order valence-corrected chi connectivity index (χ4v) is 9.18. The smallest absolute Gasteiger partial charge is 0.130 e. The van der Waals surface area contributed by atoms with E-state index in [1.807, 2.05) is 18.2 Å². The van der Waals surface area contributed by atoms with Gasteiger partial charge in [-0.05, 0) is 119 Å². The molecule has 1 atom stereocenters. The van der Waals surface area contributed by atoms with E-state index in [1.54, 1.807) is 14.2 Å². The molecule has 0 aliphatic heterocycles. The average Bonchev–Trinajstić information content (AvgIpc) is 3.13. The highest BCUT2D eigenvalue weighted by Gasteiger charge is 2.27. The van der Waals surface area contributed by atoms with Gasteiger partial charge < -0.3 is 9.47 Å². The summed E-state index contributed by atoms with van der Waals surface area (Å²) in [6, 6.07) is 32.1. The topological polar surface area (TPSA) is 18.5 Å². The van der Waals surface area contributed by atoms with E-state index in [2.05, 4.69) is 150 Å². The summed E-state index contributed by atoms with van der Waals surface area (Å²) >= 11 is 0. The van der Waals surface area contributed by atoms with E-state index >= 15 is 0 Å². The Morgan fingerprint density at radius 2 is 0.755 bits per heavy atom. The number of rotatable bonds is 13. The zero-order valence-electron chi connectivity index (χ0n) is 34.9. The largest absolute Gasteiger partial charge is 0.496 e. The van der Waals surface area contributed by atoms with Crippen LogP contribution in [0.2, 0.25) is 0 Å². The van der Waals surface area contributed by atoms with Gasteiger partial charge in [-0.25, -0.2) is 0 Å². The molecule has 0 saturated heterocycles. The summed E-state index contributed by atoms with van der Waals surface area (Å²) < 4.78 is 12.0. The summed E-state index contributed by atoms with van der Waals surface area (Å²) in [5.41, 5.74) is 16.2. The van der Waals surface area contributed by atoms with Crippen LogP contribution in [0, 0.1) is 0 Å². The summed E-state index contributed by atoms with van der Waals surface area (Å²) in [5, 5.41) is 2.67. The molecule has 5 rings (SSSR count). The summed E-state index contributed by atoms with van der Waals surface area (Å²) in [6.45, 7) is 28.2. The highest BCUT2D eigenvalue weighted by molar-refractivity contribution is 7.56. The van der Waals surface area contributed by atoms with E-state index in [4.69, 9.17) is 9.47 Å². The van der Waals surface area contributed by atoms with Crippen molar-refractivity contribution in [2.75, 3.05) is 14.2 Å². The summed E-state index contributed by atoms with van der Waals surface area (Å²) in [7, 11) is 3.88. The SMILES string of the molecule is COc1cccc(OC)c1-c1ccccc1Pc1c(-c2c(C(C)C)cc(C(C)C)cc2C(C)C)cccc1-c1c(C(C)C)cc(C(C)C)cc1C(C)C. The minimum atomic E-state index is 0.369. The quantitative estimate of drug-likeness (QED) is 0.112. The van der Waals surface area contributed by atoms with Gasteiger partial charge in [0.05, 0.1) is 19.8 Å². The number of ether oxygens (including phenoxy) is 2. The van der Waals surface area contributed by atoms with Crippen molar-refractivity contribution in [3.05, 3.63) is 118 Å². The van der Waals surface area contributed by atoms with Gasteiger partial charge >= 0.3 is 0 Å². The molecule has 2 nitrogen and oxygen atoms in total. The summed E-state index contributed by atoms with van der Waals surface area (Å²) in [5.74, 6) is 4.02. The summed E-state index contributed by atoms with van der Waals surface area (Å²) in [6.07, 6.45) is 0. The molecule has 0 aromatic heterocycles. The molecule has 53 heavy (non-hydrogen) atoms. The molecule has 1 unspecified atom stereocenters. The Labute approximate surface area is 323 Å². The normalized spacial score (nSPS) is 12.2. The molecule has 0 aliphatic carbocycles. The molecule has 280 valence electrons. The first-order valence-electron chi connectivity index (χ1n) is 19.8. The molecule has 0 fully saturated rings. The van der Waals surface area contributed by atoms with Gasteiger partial charge in [0, 0.05) is 0 Å². The molecule has 5 aromatic carbocycles. The third-order valence-corrected chi connectivity index (χ3v) is 12.2. The first-order chi connectivity index (χ1) is 25.2. The standard InChI is InChI=1S/C50H63O2P/c1-29(2)35-25-40(31(5)6)47(41(26-35)32(7)8)38-20-17-21-39(48-42(33(9)10)27-36(30(3)4)28-43(48)34(11)12)50(38)53-46-24-16-15-19-37(46)49-44(51-13)22-18-23-45(49)52-14/h15-34,53H,1-14H3. The second-order valence-corrected chi connectivity index (χ2v) is 17.8. The lowest BCUT2D eigenvalue weighted by atomic mass is 9.79. The Morgan fingerprint density at radius 1 is 0.396 bits per heavy atom. The number of hydrogen-bond donors (Lipinski definition) is 0. The van der Waals surface area contributed by atoms with Crippen molar-refractivity contribution in [3.63, 3.8) is 0 Å². The van der Waals surface area contributed by atoms with Crippen LogP contribution < -0.4 is 20.1 Å². The molecule has 0 saturated carbocycles. The highest BCUT2D eigenvalue weighted by atomic mass is 31.1. The molecule has 0 amide bonds. The third kappa shape index (κ3) is 8.29. The van der Waals surface area contributed by atoms with Crippen LogP contribution in [0.25, 0.3) is 33.4 Å². The van der Waals surface area contributed by atoms with Gasteiger partial charge in [0.2, 0.25) is 0 Å². The third-order valence-electron chi connectivity index (χ3n) is 10.8. The van der Waals surface area contributed by atoms with Gasteiger partial charge in [-0.3, -0.25) is 0 Å². The molecule has 0 aliphatic rings. The maximum Gasteiger partial charge on any atom is 0.130 e. The van der Waals surface area contributed by atoms with Crippen molar-refractivity contribution < 1.29 is 9.47 Å². The van der Waals surface area contributed by atoms with Crippen molar-refractivity contribution in [1.82, 2.24) is 0 Å². The first kappa shape index (κ1) is 40.3. The molecular formula is C50H63O2P. The number of methoxy groups -OCH3 is 2. The molecule has 0 radical (unpaired) electrons. The van der Waals surface area contributed by atoms with Crippen LogP contribution in [-0.4, -0.2) is 14.2 Å². The monoisotopic (exact) mass is 726 g/mol. The van der Waals surface area contributed by atoms with Gasteiger partial charge in [-0.15, -0.1) is 0 Å². The van der Waals surface area contributed by atoms with Crippen LogP contribution in [0.1, 0.15) is 152 Å². The second-order valence-electron chi connectivity index (χ2n) is 16.5. The maximum atomic E-state index is 5.99. The number of benzene rings is 5. The highest BCUT2D eigenvalue weighted by Crippen LogP contribution is 2.46. The lowest BCUT2D eigenvalue weighted by molar-refractivity contribution is 0.397. The van der Waals surface area contributed by atoms with E-state index in [-0.39, 0.29) is 0 Å². The van der Waals surface area contributed by atoms with Crippen molar-refractivity contribution in [3.8, 4) is 44.9 Å². The zero-order valence-corrected chi connectivity index (χ0v) is 35.9. The van der Waals surface area contributed by atoms with Crippen LogP contribution in [0.15, 0.2) is 84.9 Å². The van der Waals surface area contributed by atoms with Crippen LogP contribution in [0.3, 0.4) is 0 Å². The van der Waals surface area contributed by atoms with Crippen LogP contribution in [0.5, 0.6) is 11.5 Å². The molecular weight excluding hydrogens is 664 g/mol. The molecule has 0 bridgehead atoms. The predicted molar refractivity (Wildman–Crippen MR) is 234 cm³/mol. The fourth-order valence-electron chi connectivity index (χ4n) is 7.70. The van der Waals surface area contributed by atoms with Crippen LogP contribution in [-0.2, 0) is 0 Å². The summed E-state index contributed by atoms with van der Waals surface area (Å²) in [4.78, 5) is 0. The van der Waals surface area contributed by atoms with Crippen molar-refractivity contribution in [1.29, 1.82) is 0 Å². The molecule has 0 N–H and O–H groups in total. The Hall–Kier alpha value is -3.87. The van der Waals surface area contributed by atoms with Gasteiger partial charge in [0.1, 0.15) is 11.5 Å². The average molecular weight is 727 g/mol. The second kappa shape index (κ2) is 17.1. The Morgan fingerprint density at radius 3 is 1.11 bits per heavy atom. The van der Waals surface area contributed by atoms with E-state index in [0.717, 1.165) is 22.6 Å². The Balaban J connectivity index is 1.97. The molecule has 5 aromatic rings. The molecule has 0 heterocycles. The van der Waals surface area contributed by atoms with E-state index in [1.165, 1.54) is 66.2 Å². The van der Waals surface area contributed by atoms with Crippen molar-refractivity contribution >= 4 is 19.2 Å². The Bertz CT molecular complexity index is 1870. The fraction of sp³-hybridized carbons (Fsp3) is 0.400. The van der Waals surface area contributed by atoms with Crippen molar-refractivity contribution in [2.24, 2.45) is 0 Å². The first-order valence-corrected chi connectivity index (χ1v) is 20.8. The van der Waals surface area contributed by atoms with E-state index < -0.39 is 0 Å². The van der Waals surface area contributed by atoms with Crippen LogP contribution >= 0.6 is 8.58 Å². The molecule has 0 spiro atoms. The van der Waals surface area contributed by atoms with E-state index in [9.17, 15) is 0 Å². The zero-order chi connectivity index (χ0) is 38.7. The minimum Gasteiger partial charge on any atom is -0.496 e. The lowest BCUT2D eigenvalue weighted by Gasteiger charge is -2.28. The van der Waals surface area contributed by atoms with Gasteiger partial charge in [-0.1, -0.05) is 164 Å². The van der Waals surface area contributed by atoms with Crippen LogP contribution in [0.4, 0.5) is 0 Å². The van der Waals surface area contributed by atoms with Gasteiger partial charge in [-0.2, -0.15) is 0 Å². The maximum absolute atomic E-state index is 5.99. The molecule has 3 heteroatoms. The predicted octanol–water partition coefficient (Wildman–Crippen LogP) is 14.1. The van der Waals surface area contributed by atoms with E-state index in [0.29, 0.717) is 44.1 Å².